The van der Waals surface area contributed by atoms with Crippen LogP contribution in [0.3, 0.4) is 0 Å². The van der Waals surface area contributed by atoms with Gasteiger partial charge >= 0.3 is 0 Å². The van der Waals surface area contributed by atoms with Crippen LogP contribution in [0.25, 0.3) is 5.69 Å². The van der Waals surface area contributed by atoms with E-state index in [9.17, 15) is 4.39 Å². The van der Waals surface area contributed by atoms with Gasteiger partial charge in [0.1, 0.15) is 11.6 Å². The monoisotopic (exact) mass is 389 g/mol. The third-order valence-corrected chi connectivity index (χ3v) is 4.53. The van der Waals surface area contributed by atoms with Crippen molar-refractivity contribution < 1.29 is 9.13 Å². The van der Waals surface area contributed by atoms with E-state index in [0.29, 0.717) is 24.1 Å². The van der Waals surface area contributed by atoms with Gasteiger partial charge in [0, 0.05) is 30.1 Å². The third kappa shape index (κ3) is 4.24. The lowest BCUT2D eigenvalue weighted by atomic mass is 10.2. The number of aromatic nitrogens is 4. The van der Waals surface area contributed by atoms with Crippen LogP contribution >= 0.6 is 0 Å². The van der Waals surface area contributed by atoms with Gasteiger partial charge in [0.2, 0.25) is 11.8 Å². The van der Waals surface area contributed by atoms with Crippen LogP contribution in [0.4, 0.5) is 10.3 Å². The second-order valence-corrected chi connectivity index (χ2v) is 6.52. The molecule has 0 saturated carbocycles. The van der Waals surface area contributed by atoms with E-state index in [-0.39, 0.29) is 5.82 Å². The minimum absolute atomic E-state index is 0.316. The van der Waals surface area contributed by atoms with Crippen molar-refractivity contribution in [3.8, 4) is 17.3 Å². The summed E-state index contributed by atoms with van der Waals surface area (Å²) >= 11 is 0. The number of aryl methyl sites for hydroxylation is 1. The van der Waals surface area contributed by atoms with Crippen molar-refractivity contribution in [3.63, 3.8) is 0 Å². The van der Waals surface area contributed by atoms with Crippen LogP contribution < -0.4 is 10.1 Å². The van der Waals surface area contributed by atoms with E-state index in [1.165, 1.54) is 12.1 Å². The van der Waals surface area contributed by atoms with Gasteiger partial charge in [-0.2, -0.15) is 10.1 Å². The Bertz CT molecular complexity index is 1110. The van der Waals surface area contributed by atoms with Crippen molar-refractivity contribution in [2.24, 2.45) is 0 Å². The maximum absolute atomic E-state index is 13.0. The van der Waals surface area contributed by atoms with Crippen molar-refractivity contribution in [2.45, 2.75) is 20.4 Å². The van der Waals surface area contributed by atoms with Crippen LogP contribution in [0.5, 0.6) is 11.6 Å². The highest BCUT2D eigenvalue weighted by Crippen LogP contribution is 2.21. The molecule has 1 N–H and O–H groups in total. The number of benzene rings is 2. The highest BCUT2D eigenvalue weighted by molar-refractivity contribution is 5.39. The Kier molecular flexibility index (Phi) is 5.20. The molecule has 4 rings (SSSR count). The first-order valence-corrected chi connectivity index (χ1v) is 9.21. The van der Waals surface area contributed by atoms with Crippen LogP contribution in [0.15, 0.2) is 66.9 Å². The zero-order chi connectivity index (χ0) is 20.2. The molecule has 29 heavy (non-hydrogen) atoms. The number of rotatable bonds is 6. The molecule has 2 aromatic heterocycles. The second kappa shape index (κ2) is 8.10. The summed E-state index contributed by atoms with van der Waals surface area (Å²) in [7, 11) is 0. The molecule has 0 spiro atoms. The highest BCUT2D eigenvalue weighted by atomic mass is 19.1. The van der Waals surface area contributed by atoms with Gasteiger partial charge < -0.3 is 10.1 Å². The number of hydrogen-bond acceptors (Lipinski definition) is 5. The van der Waals surface area contributed by atoms with Crippen molar-refractivity contribution in [1.29, 1.82) is 0 Å². The number of anilines is 1. The van der Waals surface area contributed by atoms with Crippen LogP contribution in [0.1, 0.15) is 17.0 Å². The van der Waals surface area contributed by atoms with E-state index < -0.39 is 0 Å². The van der Waals surface area contributed by atoms with Gasteiger partial charge in [-0.3, -0.25) is 0 Å². The second-order valence-electron chi connectivity index (χ2n) is 6.52. The summed E-state index contributed by atoms with van der Waals surface area (Å²) in [5, 5.41) is 7.88. The van der Waals surface area contributed by atoms with Gasteiger partial charge in [0.25, 0.3) is 0 Å². The Labute approximate surface area is 168 Å². The van der Waals surface area contributed by atoms with Gasteiger partial charge in [0.05, 0.1) is 11.4 Å². The van der Waals surface area contributed by atoms with E-state index in [0.717, 1.165) is 22.6 Å². The summed E-state index contributed by atoms with van der Waals surface area (Å²) in [5.74, 6) is 1.01. The number of nitrogens with one attached hydrogen (secondary N) is 1. The lowest BCUT2D eigenvalue weighted by Crippen LogP contribution is -2.06. The Morgan fingerprint density at radius 2 is 1.76 bits per heavy atom. The average molecular weight is 389 g/mol. The van der Waals surface area contributed by atoms with Gasteiger partial charge in [-0.05, 0) is 50.2 Å². The summed E-state index contributed by atoms with van der Waals surface area (Å²) in [4.78, 5) is 8.61. The predicted molar refractivity (Wildman–Crippen MR) is 109 cm³/mol. The Morgan fingerprint density at radius 3 is 2.52 bits per heavy atom. The maximum Gasteiger partial charge on any atom is 0.226 e. The van der Waals surface area contributed by atoms with Crippen LogP contribution in [-0.4, -0.2) is 19.7 Å². The Morgan fingerprint density at radius 1 is 1.00 bits per heavy atom. The third-order valence-electron chi connectivity index (χ3n) is 4.53. The SMILES string of the molecule is Cc1nn(-c2ccccc2)c(C)c1CNc1nccc(Oc2ccc(F)cc2)n1. The fourth-order valence-corrected chi connectivity index (χ4v) is 3.03. The summed E-state index contributed by atoms with van der Waals surface area (Å²) in [6, 6.07) is 17.4. The van der Waals surface area contributed by atoms with Crippen molar-refractivity contribution in [3.05, 3.63) is 89.6 Å². The molecule has 0 aliphatic rings. The molecular formula is C22H20FN5O. The summed E-state index contributed by atoms with van der Waals surface area (Å²) in [5.41, 5.74) is 4.10. The topological polar surface area (TPSA) is 64.9 Å². The minimum Gasteiger partial charge on any atom is -0.439 e. The molecule has 0 unspecified atom stereocenters. The van der Waals surface area contributed by atoms with Crippen LogP contribution in [0, 0.1) is 19.7 Å². The highest BCUT2D eigenvalue weighted by Gasteiger charge is 2.13. The van der Waals surface area contributed by atoms with E-state index in [4.69, 9.17) is 4.74 Å². The van der Waals surface area contributed by atoms with E-state index >= 15 is 0 Å². The average Bonchev–Trinajstić information content (AvgIpc) is 3.03. The molecule has 2 heterocycles. The number of nitrogens with zero attached hydrogens (tertiary/aromatic N) is 4. The molecule has 0 aliphatic heterocycles. The molecule has 0 amide bonds. The largest absolute Gasteiger partial charge is 0.439 e. The molecule has 0 radical (unpaired) electrons. The molecule has 4 aromatic rings. The van der Waals surface area contributed by atoms with Crippen molar-refractivity contribution >= 4 is 5.95 Å². The van der Waals surface area contributed by atoms with E-state index in [2.05, 4.69) is 20.4 Å². The fourth-order valence-electron chi connectivity index (χ4n) is 3.03. The quantitative estimate of drug-likeness (QED) is 0.512. The summed E-state index contributed by atoms with van der Waals surface area (Å²) < 4.78 is 20.6. The normalized spacial score (nSPS) is 10.7. The summed E-state index contributed by atoms with van der Waals surface area (Å²) in [6.07, 6.45) is 1.61. The fraction of sp³-hybridized carbons (Fsp3) is 0.136. The molecule has 0 saturated heterocycles. The molecule has 7 heteroatoms. The zero-order valence-corrected chi connectivity index (χ0v) is 16.1. The lowest BCUT2D eigenvalue weighted by molar-refractivity contribution is 0.460. The van der Waals surface area contributed by atoms with Crippen LogP contribution in [-0.2, 0) is 6.54 Å². The molecule has 0 aliphatic carbocycles. The molecule has 0 bridgehead atoms. The van der Waals surface area contributed by atoms with E-state index in [1.807, 2.05) is 48.9 Å². The number of ether oxygens (including phenoxy) is 1. The summed E-state index contributed by atoms with van der Waals surface area (Å²) in [6.45, 7) is 4.56. The predicted octanol–water partition coefficient (Wildman–Crippen LogP) is 4.82. The van der Waals surface area contributed by atoms with Gasteiger partial charge in [-0.25, -0.2) is 14.1 Å². The number of halogens is 1. The van der Waals surface area contributed by atoms with Crippen molar-refractivity contribution in [2.75, 3.05) is 5.32 Å². The van der Waals surface area contributed by atoms with Crippen molar-refractivity contribution in [1.82, 2.24) is 19.7 Å². The first-order chi connectivity index (χ1) is 14.1. The maximum atomic E-state index is 13.0. The van der Waals surface area contributed by atoms with E-state index in [1.54, 1.807) is 24.4 Å². The van der Waals surface area contributed by atoms with Crippen LogP contribution in [0.2, 0.25) is 0 Å². The first-order valence-electron chi connectivity index (χ1n) is 9.21. The molecule has 0 fully saturated rings. The molecule has 146 valence electrons. The lowest BCUT2D eigenvalue weighted by Gasteiger charge is -2.09. The standard InChI is InChI=1S/C22H20FN5O/c1-15-20(16(2)28(27-15)18-6-4-3-5-7-18)14-25-22-24-13-12-21(26-22)29-19-10-8-17(23)9-11-19/h3-13H,14H2,1-2H3,(H,24,25,26). The number of para-hydroxylation sites is 1. The Hall–Kier alpha value is -3.74. The molecule has 6 nitrogen and oxygen atoms in total. The first kappa shape index (κ1) is 18.6. The molecular weight excluding hydrogens is 369 g/mol. The van der Waals surface area contributed by atoms with Gasteiger partial charge in [0.15, 0.2) is 0 Å². The minimum atomic E-state index is -0.316. The van der Waals surface area contributed by atoms with Gasteiger partial charge in [-0.1, -0.05) is 18.2 Å². The number of hydrogen-bond donors (Lipinski definition) is 1. The smallest absolute Gasteiger partial charge is 0.226 e. The molecule has 2 aromatic carbocycles. The Balaban J connectivity index is 1.48. The zero-order valence-electron chi connectivity index (χ0n) is 16.1. The van der Waals surface area contributed by atoms with Gasteiger partial charge in [-0.15, -0.1) is 0 Å². The molecule has 0 atom stereocenters.